The second-order valence-electron chi connectivity index (χ2n) is 7.10. The summed E-state index contributed by atoms with van der Waals surface area (Å²) in [6.07, 6.45) is 3.01. The average molecular weight is 458 g/mol. The first-order valence-electron chi connectivity index (χ1n) is 10.1. The number of rotatable bonds is 8. The van der Waals surface area contributed by atoms with Crippen LogP contribution in [0.25, 0.3) is 0 Å². The van der Waals surface area contributed by atoms with Gasteiger partial charge in [0, 0.05) is 25.5 Å². The van der Waals surface area contributed by atoms with Crippen molar-refractivity contribution in [3.8, 4) is 5.75 Å². The molecule has 0 bridgehead atoms. The summed E-state index contributed by atoms with van der Waals surface area (Å²) >= 11 is 0. The van der Waals surface area contributed by atoms with Crippen LogP contribution in [-0.4, -0.2) is 55.0 Å². The zero-order valence-corrected chi connectivity index (χ0v) is 18.1. The van der Waals surface area contributed by atoms with Crippen molar-refractivity contribution in [2.45, 2.75) is 18.1 Å². The third-order valence-electron chi connectivity index (χ3n) is 4.89. The van der Waals surface area contributed by atoms with Crippen LogP contribution in [0.2, 0.25) is 0 Å². The van der Waals surface area contributed by atoms with E-state index in [0.717, 1.165) is 11.3 Å². The highest BCUT2D eigenvalue weighted by molar-refractivity contribution is 7.89. The molecule has 0 saturated carbocycles. The Hall–Kier alpha value is -3.21. The van der Waals surface area contributed by atoms with E-state index in [2.05, 4.69) is 9.97 Å². The first-order valence-corrected chi connectivity index (χ1v) is 11.5. The maximum atomic E-state index is 12.7. The second-order valence-corrected chi connectivity index (χ2v) is 9.03. The molecule has 1 saturated heterocycles. The van der Waals surface area contributed by atoms with Crippen LogP contribution >= 0.6 is 0 Å². The van der Waals surface area contributed by atoms with E-state index in [4.69, 9.17) is 14.2 Å². The number of hydrogen-bond donors (Lipinski definition) is 1. The smallest absolute Gasteiger partial charge is 0.355 e. The summed E-state index contributed by atoms with van der Waals surface area (Å²) in [5.41, 5.74) is 1.68. The summed E-state index contributed by atoms with van der Waals surface area (Å²) in [5.74, 6) is 0.0389. The third kappa shape index (κ3) is 5.34. The molecule has 1 aliphatic heterocycles. The SMILES string of the molecule is O=C(OCc1ccc(OCc2ccccn2)cc1)c1cc(S(=O)(=O)N2CCOCC2)c[nH]1. The number of morpholine rings is 1. The molecule has 168 valence electrons. The van der Waals surface area contributed by atoms with Crippen LogP contribution in [0.1, 0.15) is 21.7 Å². The van der Waals surface area contributed by atoms with Crippen LogP contribution in [0.5, 0.6) is 5.75 Å². The van der Waals surface area contributed by atoms with Gasteiger partial charge in [-0.25, -0.2) is 13.2 Å². The second kappa shape index (κ2) is 9.94. The van der Waals surface area contributed by atoms with Gasteiger partial charge < -0.3 is 19.2 Å². The van der Waals surface area contributed by atoms with Gasteiger partial charge in [0.15, 0.2) is 0 Å². The first kappa shape index (κ1) is 22.0. The predicted octanol–water partition coefficient (Wildman–Crippen LogP) is 2.37. The van der Waals surface area contributed by atoms with Crippen LogP contribution < -0.4 is 4.74 Å². The lowest BCUT2D eigenvalue weighted by atomic mass is 10.2. The molecule has 3 aromatic rings. The molecule has 3 heterocycles. The van der Waals surface area contributed by atoms with E-state index in [1.807, 2.05) is 18.2 Å². The number of aromatic amines is 1. The van der Waals surface area contributed by atoms with E-state index in [0.29, 0.717) is 25.6 Å². The molecule has 32 heavy (non-hydrogen) atoms. The van der Waals surface area contributed by atoms with E-state index in [-0.39, 0.29) is 30.3 Å². The molecule has 2 aromatic heterocycles. The molecule has 10 heteroatoms. The van der Waals surface area contributed by atoms with Gasteiger partial charge >= 0.3 is 5.97 Å². The number of hydrogen-bond acceptors (Lipinski definition) is 7. The van der Waals surface area contributed by atoms with Gasteiger partial charge in [-0.2, -0.15) is 4.31 Å². The lowest BCUT2D eigenvalue weighted by molar-refractivity contribution is 0.0466. The van der Waals surface area contributed by atoms with E-state index in [1.165, 1.54) is 16.6 Å². The van der Waals surface area contributed by atoms with Crippen molar-refractivity contribution in [1.82, 2.24) is 14.3 Å². The molecule has 1 aliphatic rings. The van der Waals surface area contributed by atoms with Crippen LogP contribution in [0.3, 0.4) is 0 Å². The topological polar surface area (TPSA) is 111 Å². The van der Waals surface area contributed by atoms with E-state index < -0.39 is 16.0 Å². The zero-order valence-electron chi connectivity index (χ0n) is 17.3. The van der Waals surface area contributed by atoms with E-state index in [1.54, 1.807) is 30.5 Å². The van der Waals surface area contributed by atoms with Crippen LogP contribution in [-0.2, 0) is 32.7 Å². The lowest BCUT2D eigenvalue weighted by Crippen LogP contribution is -2.40. The summed E-state index contributed by atoms with van der Waals surface area (Å²) in [6.45, 7) is 1.68. The van der Waals surface area contributed by atoms with Gasteiger partial charge in [-0.15, -0.1) is 0 Å². The molecule has 0 spiro atoms. The largest absolute Gasteiger partial charge is 0.487 e. The monoisotopic (exact) mass is 457 g/mol. The molecule has 9 nitrogen and oxygen atoms in total. The Morgan fingerprint density at radius 2 is 1.88 bits per heavy atom. The maximum Gasteiger partial charge on any atom is 0.355 e. The number of benzene rings is 1. The number of sulfonamides is 1. The molecule has 1 aromatic carbocycles. The van der Waals surface area contributed by atoms with Gasteiger partial charge in [-0.05, 0) is 35.9 Å². The quantitative estimate of drug-likeness (QED) is 0.517. The Morgan fingerprint density at radius 1 is 1.09 bits per heavy atom. The molecule has 0 amide bonds. The van der Waals surface area contributed by atoms with Crippen molar-refractivity contribution in [3.05, 3.63) is 77.9 Å². The zero-order chi connectivity index (χ0) is 22.4. The highest BCUT2D eigenvalue weighted by atomic mass is 32.2. The summed E-state index contributed by atoms with van der Waals surface area (Å²) in [6, 6.07) is 14.1. The molecule has 0 aliphatic carbocycles. The number of carbonyl (C=O) groups excluding carboxylic acids is 1. The first-order chi connectivity index (χ1) is 15.5. The van der Waals surface area contributed by atoms with E-state index >= 15 is 0 Å². The Balaban J connectivity index is 1.30. The minimum atomic E-state index is -3.68. The summed E-state index contributed by atoms with van der Waals surface area (Å²) in [5, 5.41) is 0. The summed E-state index contributed by atoms with van der Waals surface area (Å²) < 4.78 is 42.8. The molecule has 0 atom stereocenters. The minimum absolute atomic E-state index is 0.0285. The molecule has 0 unspecified atom stereocenters. The number of aromatic nitrogens is 2. The fraction of sp³-hybridized carbons (Fsp3) is 0.273. The molecular formula is C22H23N3O6S. The van der Waals surface area contributed by atoms with Crippen molar-refractivity contribution in [2.75, 3.05) is 26.3 Å². The van der Waals surface area contributed by atoms with Gasteiger partial charge in [-0.3, -0.25) is 4.98 Å². The highest BCUT2D eigenvalue weighted by Crippen LogP contribution is 2.19. The number of esters is 1. The number of H-pyrrole nitrogens is 1. The van der Waals surface area contributed by atoms with Crippen molar-refractivity contribution in [2.24, 2.45) is 0 Å². The normalized spacial score (nSPS) is 14.8. The number of pyridine rings is 1. The average Bonchev–Trinajstić information content (AvgIpc) is 3.35. The van der Waals surface area contributed by atoms with Crippen LogP contribution in [0.4, 0.5) is 0 Å². The minimum Gasteiger partial charge on any atom is -0.487 e. The van der Waals surface area contributed by atoms with Crippen molar-refractivity contribution >= 4 is 16.0 Å². The Kier molecular flexibility index (Phi) is 6.84. The number of ether oxygens (including phenoxy) is 3. The third-order valence-corrected chi connectivity index (χ3v) is 6.77. The Morgan fingerprint density at radius 3 is 2.59 bits per heavy atom. The number of nitrogens with zero attached hydrogens (tertiary/aromatic N) is 2. The fourth-order valence-electron chi connectivity index (χ4n) is 3.13. The van der Waals surface area contributed by atoms with Gasteiger partial charge in [0.25, 0.3) is 0 Å². The molecule has 1 N–H and O–H groups in total. The molecule has 1 fully saturated rings. The number of carbonyl (C=O) groups is 1. The standard InChI is InChI=1S/C22H23N3O6S/c26-22(21-13-20(14-24-21)32(27,28)25-9-11-29-12-10-25)31-15-17-4-6-19(7-5-17)30-16-18-3-1-2-8-23-18/h1-8,13-14,24H,9-12,15-16H2. The molecule has 4 rings (SSSR count). The number of nitrogens with one attached hydrogen (secondary N) is 1. The molecular weight excluding hydrogens is 434 g/mol. The maximum absolute atomic E-state index is 12.7. The summed E-state index contributed by atoms with van der Waals surface area (Å²) in [7, 11) is -3.68. The summed E-state index contributed by atoms with van der Waals surface area (Å²) in [4.78, 5) is 19.3. The molecule has 0 radical (unpaired) electrons. The van der Waals surface area contributed by atoms with Gasteiger partial charge in [0.05, 0.1) is 18.9 Å². The predicted molar refractivity (Wildman–Crippen MR) is 115 cm³/mol. The van der Waals surface area contributed by atoms with Crippen LogP contribution in [0, 0.1) is 0 Å². The lowest BCUT2D eigenvalue weighted by Gasteiger charge is -2.25. The van der Waals surface area contributed by atoms with Gasteiger partial charge in [-0.1, -0.05) is 18.2 Å². The van der Waals surface area contributed by atoms with Gasteiger partial charge in [0.1, 0.15) is 29.6 Å². The highest BCUT2D eigenvalue weighted by Gasteiger charge is 2.28. The van der Waals surface area contributed by atoms with Gasteiger partial charge in [0.2, 0.25) is 10.0 Å². The van der Waals surface area contributed by atoms with Crippen molar-refractivity contribution < 1.29 is 27.4 Å². The van der Waals surface area contributed by atoms with E-state index in [9.17, 15) is 13.2 Å². The van der Waals surface area contributed by atoms with Crippen molar-refractivity contribution in [3.63, 3.8) is 0 Å². The Bertz CT molecular complexity index is 1140. The fourth-order valence-corrected chi connectivity index (χ4v) is 4.53. The van der Waals surface area contributed by atoms with Crippen LogP contribution in [0.15, 0.2) is 65.8 Å². The Labute approximate surface area is 186 Å². The van der Waals surface area contributed by atoms with Crippen molar-refractivity contribution in [1.29, 1.82) is 0 Å².